The SMILES string of the molecule is COc1cccc2sc(NC(=O)Cc3ccc4c(c3)OCO4)nc12. The van der Waals surface area contributed by atoms with Crippen LogP contribution in [0.15, 0.2) is 36.4 Å². The van der Waals surface area contributed by atoms with E-state index in [9.17, 15) is 4.79 Å². The molecule has 2 heterocycles. The summed E-state index contributed by atoms with van der Waals surface area (Å²) in [5, 5.41) is 3.40. The Hall–Kier alpha value is -2.80. The van der Waals surface area contributed by atoms with Crippen molar-refractivity contribution in [2.24, 2.45) is 0 Å². The van der Waals surface area contributed by atoms with Crippen molar-refractivity contribution in [1.29, 1.82) is 0 Å². The van der Waals surface area contributed by atoms with Gasteiger partial charge in [-0.05, 0) is 29.8 Å². The maximum Gasteiger partial charge on any atom is 0.231 e. The number of thiazole rings is 1. The number of rotatable bonds is 4. The summed E-state index contributed by atoms with van der Waals surface area (Å²) in [5.74, 6) is 1.94. The average molecular weight is 342 g/mol. The van der Waals surface area contributed by atoms with Gasteiger partial charge in [0.15, 0.2) is 16.6 Å². The smallest absolute Gasteiger partial charge is 0.231 e. The topological polar surface area (TPSA) is 69.7 Å². The number of methoxy groups -OCH3 is 1. The van der Waals surface area contributed by atoms with Crippen LogP contribution in [0.3, 0.4) is 0 Å². The lowest BCUT2D eigenvalue weighted by Crippen LogP contribution is -2.14. The van der Waals surface area contributed by atoms with E-state index in [1.807, 2.05) is 36.4 Å². The zero-order chi connectivity index (χ0) is 16.5. The van der Waals surface area contributed by atoms with Gasteiger partial charge in [0.05, 0.1) is 18.2 Å². The molecule has 0 saturated carbocycles. The van der Waals surface area contributed by atoms with Gasteiger partial charge in [-0.1, -0.05) is 23.5 Å². The Balaban J connectivity index is 1.50. The van der Waals surface area contributed by atoms with E-state index in [0.29, 0.717) is 22.4 Å². The van der Waals surface area contributed by atoms with Crippen LogP contribution >= 0.6 is 11.3 Å². The van der Waals surface area contributed by atoms with E-state index in [2.05, 4.69) is 10.3 Å². The predicted molar refractivity (Wildman–Crippen MR) is 91.1 cm³/mol. The van der Waals surface area contributed by atoms with Gasteiger partial charge in [-0.2, -0.15) is 0 Å². The molecule has 1 aromatic heterocycles. The van der Waals surface area contributed by atoms with Gasteiger partial charge in [0.25, 0.3) is 0 Å². The number of amides is 1. The zero-order valence-corrected chi connectivity index (χ0v) is 13.7. The second kappa shape index (κ2) is 6.01. The van der Waals surface area contributed by atoms with Crippen molar-refractivity contribution < 1.29 is 19.0 Å². The molecule has 1 aliphatic heterocycles. The van der Waals surface area contributed by atoms with Crippen LogP contribution in [-0.4, -0.2) is 24.8 Å². The monoisotopic (exact) mass is 342 g/mol. The molecular formula is C17H14N2O4S. The van der Waals surface area contributed by atoms with Crippen LogP contribution in [0.2, 0.25) is 0 Å². The number of aromatic nitrogens is 1. The summed E-state index contributed by atoms with van der Waals surface area (Å²) in [7, 11) is 1.60. The van der Waals surface area contributed by atoms with Gasteiger partial charge < -0.3 is 19.5 Å². The number of fused-ring (bicyclic) bond motifs is 2. The lowest BCUT2D eigenvalue weighted by Gasteiger charge is -2.03. The molecule has 7 heteroatoms. The molecule has 0 aliphatic carbocycles. The third kappa shape index (κ3) is 2.74. The summed E-state index contributed by atoms with van der Waals surface area (Å²) >= 11 is 1.42. The predicted octanol–water partition coefficient (Wildman–Crippen LogP) is 3.21. The first-order valence-electron chi connectivity index (χ1n) is 7.35. The number of benzene rings is 2. The highest BCUT2D eigenvalue weighted by molar-refractivity contribution is 7.22. The van der Waals surface area contributed by atoms with E-state index >= 15 is 0 Å². The Kier molecular flexibility index (Phi) is 3.70. The van der Waals surface area contributed by atoms with Crippen molar-refractivity contribution in [2.45, 2.75) is 6.42 Å². The summed E-state index contributed by atoms with van der Waals surface area (Å²) in [5.41, 5.74) is 1.61. The highest BCUT2D eigenvalue weighted by Gasteiger charge is 2.15. The number of anilines is 1. The van der Waals surface area contributed by atoms with E-state index in [4.69, 9.17) is 14.2 Å². The fraction of sp³-hybridized carbons (Fsp3) is 0.176. The molecule has 3 aromatic rings. The maximum atomic E-state index is 12.3. The number of para-hydroxylation sites is 1. The third-order valence-corrected chi connectivity index (χ3v) is 4.59. The molecule has 0 unspecified atom stereocenters. The normalized spacial score (nSPS) is 12.4. The van der Waals surface area contributed by atoms with Crippen molar-refractivity contribution in [1.82, 2.24) is 4.98 Å². The van der Waals surface area contributed by atoms with Gasteiger partial charge in [-0.3, -0.25) is 4.79 Å². The van der Waals surface area contributed by atoms with Gasteiger partial charge in [0.1, 0.15) is 11.3 Å². The second-order valence-corrected chi connectivity index (χ2v) is 6.27. The first-order chi connectivity index (χ1) is 11.7. The van der Waals surface area contributed by atoms with Crippen LogP contribution in [0, 0.1) is 0 Å². The molecule has 4 rings (SSSR count). The van der Waals surface area contributed by atoms with Crippen molar-refractivity contribution in [3.63, 3.8) is 0 Å². The van der Waals surface area contributed by atoms with Crippen LogP contribution in [0.5, 0.6) is 17.2 Å². The van der Waals surface area contributed by atoms with Crippen molar-refractivity contribution in [3.05, 3.63) is 42.0 Å². The van der Waals surface area contributed by atoms with Gasteiger partial charge in [0.2, 0.25) is 12.7 Å². The Morgan fingerprint density at radius 3 is 3.04 bits per heavy atom. The fourth-order valence-corrected chi connectivity index (χ4v) is 3.44. The van der Waals surface area contributed by atoms with Gasteiger partial charge in [0, 0.05) is 0 Å². The Morgan fingerprint density at radius 1 is 1.29 bits per heavy atom. The molecule has 0 atom stereocenters. The third-order valence-electron chi connectivity index (χ3n) is 3.65. The first-order valence-corrected chi connectivity index (χ1v) is 8.16. The van der Waals surface area contributed by atoms with Gasteiger partial charge in [-0.15, -0.1) is 0 Å². The summed E-state index contributed by atoms with van der Waals surface area (Å²) in [6, 6.07) is 11.2. The number of carbonyl (C=O) groups excluding carboxylic acids is 1. The quantitative estimate of drug-likeness (QED) is 0.788. The summed E-state index contributed by atoms with van der Waals surface area (Å²) < 4.78 is 16.8. The first kappa shape index (κ1) is 14.8. The summed E-state index contributed by atoms with van der Waals surface area (Å²) in [6.07, 6.45) is 0.240. The van der Waals surface area contributed by atoms with E-state index in [-0.39, 0.29) is 19.1 Å². The molecule has 0 spiro atoms. The largest absolute Gasteiger partial charge is 0.494 e. The van der Waals surface area contributed by atoms with E-state index < -0.39 is 0 Å². The van der Waals surface area contributed by atoms with E-state index in [0.717, 1.165) is 15.8 Å². The molecule has 6 nitrogen and oxygen atoms in total. The van der Waals surface area contributed by atoms with Crippen LogP contribution in [0.25, 0.3) is 10.2 Å². The molecule has 2 aromatic carbocycles. The van der Waals surface area contributed by atoms with E-state index in [1.54, 1.807) is 7.11 Å². The lowest BCUT2D eigenvalue weighted by atomic mass is 10.1. The molecule has 0 radical (unpaired) electrons. The number of hydrogen-bond acceptors (Lipinski definition) is 6. The summed E-state index contributed by atoms with van der Waals surface area (Å²) in [6.45, 7) is 0.221. The summed E-state index contributed by atoms with van der Waals surface area (Å²) in [4.78, 5) is 16.7. The number of nitrogens with one attached hydrogen (secondary N) is 1. The zero-order valence-electron chi connectivity index (χ0n) is 12.9. The molecule has 122 valence electrons. The standard InChI is InChI=1S/C17H14N2O4S/c1-21-12-3-2-4-14-16(12)19-17(24-14)18-15(20)8-10-5-6-11-13(7-10)23-9-22-11/h2-7H,8-9H2,1H3,(H,18,19,20). The van der Waals surface area contributed by atoms with E-state index in [1.165, 1.54) is 11.3 Å². The van der Waals surface area contributed by atoms with Crippen molar-refractivity contribution in [2.75, 3.05) is 19.2 Å². The number of ether oxygens (including phenoxy) is 3. The number of hydrogen-bond donors (Lipinski definition) is 1. The molecule has 1 N–H and O–H groups in total. The minimum Gasteiger partial charge on any atom is -0.494 e. The molecule has 1 aliphatic rings. The van der Waals surface area contributed by atoms with Gasteiger partial charge in [-0.25, -0.2) is 4.98 Å². The Labute approximate surface area is 142 Å². The highest BCUT2D eigenvalue weighted by atomic mass is 32.1. The minimum atomic E-state index is -0.133. The van der Waals surface area contributed by atoms with Crippen molar-refractivity contribution >= 4 is 32.6 Å². The molecule has 1 amide bonds. The maximum absolute atomic E-state index is 12.3. The van der Waals surface area contributed by atoms with Crippen molar-refractivity contribution in [3.8, 4) is 17.2 Å². The molecule has 0 saturated heterocycles. The second-order valence-electron chi connectivity index (χ2n) is 5.24. The minimum absolute atomic E-state index is 0.133. The lowest BCUT2D eigenvalue weighted by molar-refractivity contribution is -0.115. The molecular weight excluding hydrogens is 328 g/mol. The van der Waals surface area contributed by atoms with Crippen LogP contribution < -0.4 is 19.5 Å². The fourth-order valence-electron chi connectivity index (χ4n) is 2.54. The highest BCUT2D eigenvalue weighted by Crippen LogP contribution is 2.33. The van der Waals surface area contributed by atoms with Crippen LogP contribution in [-0.2, 0) is 11.2 Å². The Morgan fingerprint density at radius 2 is 2.17 bits per heavy atom. The number of carbonyl (C=O) groups is 1. The molecule has 24 heavy (non-hydrogen) atoms. The average Bonchev–Trinajstić information content (AvgIpc) is 3.19. The van der Waals surface area contributed by atoms with Crippen LogP contribution in [0.4, 0.5) is 5.13 Å². The van der Waals surface area contributed by atoms with Crippen LogP contribution in [0.1, 0.15) is 5.56 Å². The Bertz CT molecular complexity index is 922. The number of nitrogens with zero attached hydrogens (tertiary/aromatic N) is 1. The van der Waals surface area contributed by atoms with Gasteiger partial charge >= 0.3 is 0 Å². The molecule has 0 fully saturated rings. The molecule has 0 bridgehead atoms.